The molecule has 0 radical (unpaired) electrons. The van der Waals surface area contributed by atoms with Gasteiger partial charge in [-0.1, -0.05) is 41.9 Å². The predicted octanol–water partition coefficient (Wildman–Crippen LogP) is 2.81. The maximum absolute atomic E-state index is 6.07. The monoisotopic (exact) mass is 260 g/mol. The van der Waals surface area contributed by atoms with Crippen LogP contribution in [0.15, 0.2) is 30.3 Å². The lowest BCUT2D eigenvalue weighted by molar-refractivity contribution is 0.658. The van der Waals surface area contributed by atoms with Crippen molar-refractivity contribution >= 4 is 23.4 Å². The molecule has 3 N–H and O–H groups in total. The lowest BCUT2D eigenvalue weighted by atomic mass is 9.96. The van der Waals surface area contributed by atoms with Crippen LogP contribution in [0.2, 0.25) is 5.15 Å². The summed E-state index contributed by atoms with van der Waals surface area (Å²) in [5.41, 5.74) is 7.82. The average molecular weight is 261 g/mol. The van der Waals surface area contributed by atoms with E-state index in [1.165, 1.54) is 5.56 Å². The first-order valence-corrected chi connectivity index (χ1v) is 6.25. The van der Waals surface area contributed by atoms with Gasteiger partial charge in [-0.3, -0.25) is 0 Å². The molecule has 0 aliphatic carbocycles. The van der Waals surface area contributed by atoms with E-state index in [0.717, 1.165) is 24.2 Å². The highest BCUT2D eigenvalue weighted by Crippen LogP contribution is 2.34. The Morgan fingerprint density at radius 1 is 1.22 bits per heavy atom. The van der Waals surface area contributed by atoms with Gasteiger partial charge in [-0.05, 0) is 18.4 Å². The Balaban J connectivity index is 1.94. The van der Waals surface area contributed by atoms with Crippen LogP contribution in [0, 0.1) is 0 Å². The number of rotatable bonds is 1. The first-order chi connectivity index (χ1) is 8.74. The fraction of sp³-hybridized carbons (Fsp3) is 0.231. The van der Waals surface area contributed by atoms with E-state index in [0.29, 0.717) is 5.15 Å². The standard InChI is InChI=1S/C13H13ClN4/c14-11-9-6-7-10(8-4-2-1-3-5-8)16-12(9)18-13(15)17-11/h1-5,10H,6-7H2,(H3,15,16,17,18). The second-order valence-corrected chi connectivity index (χ2v) is 4.70. The van der Waals surface area contributed by atoms with Crippen LogP contribution < -0.4 is 11.1 Å². The van der Waals surface area contributed by atoms with Gasteiger partial charge < -0.3 is 11.1 Å². The van der Waals surface area contributed by atoms with Crippen molar-refractivity contribution in [2.24, 2.45) is 0 Å². The highest BCUT2D eigenvalue weighted by molar-refractivity contribution is 6.30. The molecule has 1 aliphatic rings. The number of halogens is 1. The number of anilines is 2. The summed E-state index contributed by atoms with van der Waals surface area (Å²) < 4.78 is 0. The summed E-state index contributed by atoms with van der Waals surface area (Å²) >= 11 is 6.07. The number of nitrogens with one attached hydrogen (secondary N) is 1. The minimum absolute atomic E-state index is 0.208. The molecule has 0 amide bonds. The molecule has 5 heteroatoms. The van der Waals surface area contributed by atoms with Crippen LogP contribution in [0.5, 0.6) is 0 Å². The molecule has 0 fully saturated rings. The van der Waals surface area contributed by atoms with Gasteiger partial charge >= 0.3 is 0 Å². The molecule has 1 aliphatic heterocycles. The number of benzene rings is 1. The first-order valence-electron chi connectivity index (χ1n) is 5.87. The van der Waals surface area contributed by atoms with Gasteiger partial charge in [0.05, 0.1) is 6.04 Å². The summed E-state index contributed by atoms with van der Waals surface area (Å²) in [6.45, 7) is 0. The highest BCUT2D eigenvalue weighted by atomic mass is 35.5. The highest BCUT2D eigenvalue weighted by Gasteiger charge is 2.23. The van der Waals surface area contributed by atoms with Crippen molar-refractivity contribution < 1.29 is 0 Å². The van der Waals surface area contributed by atoms with Crippen LogP contribution >= 0.6 is 11.6 Å². The molecule has 0 saturated carbocycles. The van der Waals surface area contributed by atoms with Gasteiger partial charge in [-0.25, -0.2) is 4.98 Å². The lowest BCUT2D eigenvalue weighted by Crippen LogP contribution is -2.20. The number of hydrogen-bond acceptors (Lipinski definition) is 4. The summed E-state index contributed by atoms with van der Waals surface area (Å²) in [7, 11) is 0. The van der Waals surface area contributed by atoms with E-state index >= 15 is 0 Å². The lowest BCUT2D eigenvalue weighted by Gasteiger charge is -2.26. The third-order valence-corrected chi connectivity index (χ3v) is 3.48. The summed E-state index contributed by atoms with van der Waals surface area (Å²) in [5, 5.41) is 3.83. The van der Waals surface area contributed by atoms with Crippen LogP contribution in [0.25, 0.3) is 0 Å². The fourth-order valence-electron chi connectivity index (χ4n) is 2.27. The van der Waals surface area contributed by atoms with Crippen LogP contribution in [0.4, 0.5) is 11.8 Å². The Hall–Kier alpha value is -1.81. The Kier molecular flexibility index (Phi) is 2.80. The molecule has 0 saturated heterocycles. The molecule has 18 heavy (non-hydrogen) atoms. The van der Waals surface area contributed by atoms with Gasteiger partial charge in [0.15, 0.2) is 0 Å². The van der Waals surface area contributed by atoms with Gasteiger partial charge in [-0.15, -0.1) is 0 Å². The van der Waals surface area contributed by atoms with Crippen molar-refractivity contribution in [3.8, 4) is 0 Å². The number of nitrogens with two attached hydrogens (primary N) is 1. The molecule has 3 rings (SSSR count). The SMILES string of the molecule is Nc1nc(Cl)c2c(n1)NC(c1ccccc1)CC2. The Labute approximate surface area is 110 Å². The van der Waals surface area contributed by atoms with Gasteiger partial charge in [0.25, 0.3) is 0 Å². The van der Waals surface area contributed by atoms with Crippen molar-refractivity contribution in [2.45, 2.75) is 18.9 Å². The van der Waals surface area contributed by atoms with E-state index in [1.54, 1.807) is 0 Å². The van der Waals surface area contributed by atoms with E-state index in [9.17, 15) is 0 Å². The molecule has 1 unspecified atom stereocenters. The third kappa shape index (κ3) is 1.99. The van der Waals surface area contributed by atoms with Crippen LogP contribution in [-0.4, -0.2) is 9.97 Å². The molecule has 0 bridgehead atoms. The quantitative estimate of drug-likeness (QED) is 0.774. The smallest absolute Gasteiger partial charge is 0.223 e. The van der Waals surface area contributed by atoms with Crippen molar-refractivity contribution in [3.05, 3.63) is 46.6 Å². The van der Waals surface area contributed by atoms with Crippen LogP contribution in [0.3, 0.4) is 0 Å². The van der Waals surface area contributed by atoms with Crippen molar-refractivity contribution in [1.82, 2.24) is 9.97 Å². The average Bonchev–Trinajstić information content (AvgIpc) is 2.39. The molecule has 0 spiro atoms. The zero-order chi connectivity index (χ0) is 12.5. The van der Waals surface area contributed by atoms with Crippen LogP contribution in [0.1, 0.15) is 23.6 Å². The second kappa shape index (κ2) is 4.46. The molecular weight excluding hydrogens is 248 g/mol. The van der Waals surface area contributed by atoms with E-state index in [-0.39, 0.29) is 12.0 Å². The molecule has 2 aromatic rings. The topological polar surface area (TPSA) is 63.8 Å². The summed E-state index contributed by atoms with van der Waals surface area (Å²) in [6, 6.07) is 10.5. The molecule has 1 aromatic heterocycles. The maximum Gasteiger partial charge on any atom is 0.223 e. The number of fused-ring (bicyclic) bond motifs is 1. The zero-order valence-corrected chi connectivity index (χ0v) is 10.5. The Bertz CT molecular complexity index is 571. The van der Waals surface area contributed by atoms with Gasteiger partial charge in [0.2, 0.25) is 5.95 Å². The fourth-order valence-corrected chi connectivity index (χ4v) is 2.55. The van der Waals surface area contributed by atoms with Gasteiger partial charge in [0.1, 0.15) is 11.0 Å². The number of aromatic nitrogens is 2. The number of hydrogen-bond donors (Lipinski definition) is 2. The molecule has 2 heterocycles. The minimum atomic E-state index is 0.208. The predicted molar refractivity (Wildman–Crippen MR) is 72.6 cm³/mol. The molecule has 1 aromatic carbocycles. The molecule has 1 atom stereocenters. The molecule has 4 nitrogen and oxygen atoms in total. The van der Waals surface area contributed by atoms with Gasteiger partial charge in [-0.2, -0.15) is 4.98 Å². The summed E-state index contributed by atoms with van der Waals surface area (Å²) in [4.78, 5) is 8.20. The van der Waals surface area contributed by atoms with E-state index in [2.05, 4.69) is 27.4 Å². The van der Waals surface area contributed by atoms with E-state index in [1.807, 2.05) is 18.2 Å². The molecule has 92 valence electrons. The van der Waals surface area contributed by atoms with E-state index < -0.39 is 0 Å². The van der Waals surface area contributed by atoms with Crippen molar-refractivity contribution in [2.75, 3.05) is 11.1 Å². The van der Waals surface area contributed by atoms with Crippen molar-refractivity contribution in [3.63, 3.8) is 0 Å². The largest absolute Gasteiger partial charge is 0.368 e. The number of nitrogen functional groups attached to an aromatic ring is 1. The zero-order valence-electron chi connectivity index (χ0n) is 9.73. The summed E-state index contributed by atoms with van der Waals surface area (Å²) in [6.07, 6.45) is 1.84. The van der Waals surface area contributed by atoms with Crippen LogP contribution in [-0.2, 0) is 6.42 Å². The Morgan fingerprint density at radius 2 is 2.00 bits per heavy atom. The minimum Gasteiger partial charge on any atom is -0.368 e. The summed E-state index contributed by atoms with van der Waals surface area (Å²) in [5.74, 6) is 0.965. The maximum atomic E-state index is 6.07. The number of nitrogens with zero attached hydrogens (tertiary/aromatic N) is 2. The van der Waals surface area contributed by atoms with E-state index in [4.69, 9.17) is 17.3 Å². The second-order valence-electron chi connectivity index (χ2n) is 4.35. The third-order valence-electron chi connectivity index (χ3n) is 3.17. The normalized spacial score (nSPS) is 17.9. The molecular formula is C13H13ClN4. The Morgan fingerprint density at radius 3 is 2.78 bits per heavy atom. The van der Waals surface area contributed by atoms with Gasteiger partial charge in [0, 0.05) is 5.56 Å². The first kappa shape index (κ1) is 11.3. The van der Waals surface area contributed by atoms with Crippen molar-refractivity contribution in [1.29, 1.82) is 0 Å².